The second kappa shape index (κ2) is 6.47. The lowest BCUT2D eigenvalue weighted by Gasteiger charge is -2.30. The van der Waals surface area contributed by atoms with Crippen LogP contribution < -0.4 is 0 Å². The number of hydrogen-bond donors (Lipinski definition) is 1. The summed E-state index contributed by atoms with van der Waals surface area (Å²) in [4.78, 5) is 0. The summed E-state index contributed by atoms with van der Waals surface area (Å²) in [6.45, 7) is 8.42. The first-order valence-electron chi connectivity index (χ1n) is 5.40. The molecule has 1 aliphatic carbocycles. The van der Waals surface area contributed by atoms with Crippen molar-refractivity contribution in [3.8, 4) is 0 Å². The van der Waals surface area contributed by atoms with Crippen LogP contribution in [0.4, 0.5) is 0 Å². The van der Waals surface area contributed by atoms with Crippen molar-refractivity contribution in [3.63, 3.8) is 0 Å². The quantitative estimate of drug-likeness (QED) is 0.644. The third kappa shape index (κ3) is 3.57. The Kier molecular flexibility index (Phi) is 6.45. The SMILES string of the molecule is CC.CC(C)C1CCCCC1O. The molecule has 2 unspecified atom stereocenters. The number of hydrogen-bond acceptors (Lipinski definition) is 1. The molecule has 1 saturated carbocycles. The summed E-state index contributed by atoms with van der Waals surface area (Å²) < 4.78 is 0. The van der Waals surface area contributed by atoms with Gasteiger partial charge in [0, 0.05) is 0 Å². The fourth-order valence-electron chi connectivity index (χ4n) is 1.92. The van der Waals surface area contributed by atoms with E-state index in [1.807, 2.05) is 13.8 Å². The van der Waals surface area contributed by atoms with Crippen molar-refractivity contribution in [3.05, 3.63) is 0 Å². The number of aliphatic hydroxyl groups excluding tert-OH is 1. The van der Waals surface area contributed by atoms with Crippen LogP contribution in [0.3, 0.4) is 0 Å². The monoisotopic (exact) mass is 172 g/mol. The van der Waals surface area contributed by atoms with Gasteiger partial charge in [-0.25, -0.2) is 0 Å². The normalized spacial score (nSPS) is 29.5. The van der Waals surface area contributed by atoms with E-state index in [1.54, 1.807) is 0 Å². The molecule has 0 aromatic carbocycles. The Morgan fingerprint density at radius 1 is 1.08 bits per heavy atom. The van der Waals surface area contributed by atoms with Crippen LogP contribution in [-0.4, -0.2) is 11.2 Å². The van der Waals surface area contributed by atoms with E-state index < -0.39 is 0 Å². The van der Waals surface area contributed by atoms with Crippen LogP contribution in [0.5, 0.6) is 0 Å². The van der Waals surface area contributed by atoms with E-state index >= 15 is 0 Å². The molecule has 1 aliphatic rings. The molecule has 0 bridgehead atoms. The first-order chi connectivity index (χ1) is 5.72. The summed E-state index contributed by atoms with van der Waals surface area (Å²) in [6.07, 6.45) is 4.81. The second-order valence-electron chi connectivity index (χ2n) is 3.76. The van der Waals surface area contributed by atoms with Gasteiger partial charge in [0.05, 0.1) is 6.10 Å². The average molecular weight is 172 g/mol. The van der Waals surface area contributed by atoms with E-state index in [-0.39, 0.29) is 6.10 Å². The van der Waals surface area contributed by atoms with Crippen molar-refractivity contribution in [1.29, 1.82) is 0 Å². The van der Waals surface area contributed by atoms with E-state index in [2.05, 4.69) is 13.8 Å². The van der Waals surface area contributed by atoms with Gasteiger partial charge in [-0.05, 0) is 24.7 Å². The summed E-state index contributed by atoms with van der Waals surface area (Å²) in [6, 6.07) is 0. The zero-order chi connectivity index (χ0) is 9.56. The zero-order valence-corrected chi connectivity index (χ0v) is 9.01. The van der Waals surface area contributed by atoms with Crippen LogP contribution in [0.1, 0.15) is 53.4 Å². The van der Waals surface area contributed by atoms with Gasteiger partial charge in [0.25, 0.3) is 0 Å². The summed E-state index contributed by atoms with van der Waals surface area (Å²) in [5.74, 6) is 1.24. The van der Waals surface area contributed by atoms with Crippen molar-refractivity contribution < 1.29 is 5.11 Å². The Balaban J connectivity index is 0.000000561. The Hall–Kier alpha value is -0.0400. The molecule has 1 rings (SSSR count). The van der Waals surface area contributed by atoms with E-state index in [4.69, 9.17) is 0 Å². The van der Waals surface area contributed by atoms with E-state index in [1.165, 1.54) is 19.3 Å². The highest BCUT2D eigenvalue weighted by Gasteiger charge is 2.24. The Morgan fingerprint density at radius 3 is 1.92 bits per heavy atom. The van der Waals surface area contributed by atoms with Gasteiger partial charge in [0.1, 0.15) is 0 Å². The van der Waals surface area contributed by atoms with Crippen LogP contribution in [-0.2, 0) is 0 Å². The molecule has 0 aromatic rings. The fraction of sp³-hybridized carbons (Fsp3) is 1.00. The average Bonchev–Trinajstić information content (AvgIpc) is 2.08. The predicted octanol–water partition coefficient (Wildman–Crippen LogP) is 3.22. The van der Waals surface area contributed by atoms with E-state index in [9.17, 15) is 5.11 Å². The van der Waals surface area contributed by atoms with Crippen LogP contribution in [0.25, 0.3) is 0 Å². The van der Waals surface area contributed by atoms with Gasteiger partial charge in [-0.1, -0.05) is 40.5 Å². The lowest BCUT2D eigenvalue weighted by atomic mass is 9.79. The van der Waals surface area contributed by atoms with Gasteiger partial charge < -0.3 is 5.11 Å². The van der Waals surface area contributed by atoms with Gasteiger partial charge >= 0.3 is 0 Å². The molecule has 0 aromatic heterocycles. The van der Waals surface area contributed by atoms with Gasteiger partial charge in [-0.3, -0.25) is 0 Å². The van der Waals surface area contributed by atoms with Crippen molar-refractivity contribution in [1.82, 2.24) is 0 Å². The minimum Gasteiger partial charge on any atom is -0.393 e. The lowest BCUT2D eigenvalue weighted by molar-refractivity contribution is 0.0456. The van der Waals surface area contributed by atoms with Gasteiger partial charge in [0.2, 0.25) is 0 Å². The molecule has 0 spiro atoms. The highest BCUT2D eigenvalue weighted by atomic mass is 16.3. The van der Waals surface area contributed by atoms with Crippen molar-refractivity contribution in [2.75, 3.05) is 0 Å². The minimum atomic E-state index is -0.00579. The lowest BCUT2D eigenvalue weighted by Crippen LogP contribution is -2.28. The summed E-state index contributed by atoms with van der Waals surface area (Å²) in [7, 11) is 0. The predicted molar refractivity (Wildman–Crippen MR) is 54.2 cm³/mol. The molecule has 2 atom stereocenters. The van der Waals surface area contributed by atoms with Crippen molar-refractivity contribution in [2.24, 2.45) is 11.8 Å². The molecule has 0 amide bonds. The maximum atomic E-state index is 9.54. The molecule has 0 heterocycles. The third-order valence-electron chi connectivity index (χ3n) is 2.64. The first-order valence-corrected chi connectivity index (χ1v) is 5.40. The van der Waals surface area contributed by atoms with Gasteiger partial charge in [0.15, 0.2) is 0 Å². The maximum Gasteiger partial charge on any atom is 0.0570 e. The maximum absolute atomic E-state index is 9.54. The molecule has 0 radical (unpaired) electrons. The summed E-state index contributed by atoms with van der Waals surface area (Å²) >= 11 is 0. The molecule has 74 valence electrons. The molecule has 12 heavy (non-hydrogen) atoms. The topological polar surface area (TPSA) is 20.2 Å². The van der Waals surface area contributed by atoms with Crippen LogP contribution in [0, 0.1) is 11.8 Å². The largest absolute Gasteiger partial charge is 0.393 e. The zero-order valence-electron chi connectivity index (χ0n) is 9.01. The van der Waals surface area contributed by atoms with Crippen molar-refractivity contribution in [2.45, 2.75) is 59.5 Å². The third-order valence-corrected chi connectivity index (χ3v) is 2.64. The minimum absolute atomic E-state index is 0.00579. The van der Waals surface area contributed by atoms with Gasteiger partial charge in [-0.2, -0.15) is 0 Å². The Bertz CT molecular complexity index is 99.2. The summed E-state index contributed by atoms with van der Waals surface area (Å²) in [5, 5.41) is 9.54. The standard InChI is InChI=1S/C9H18O.C2H6/c1-7(2)8-5-3-4-6-9(8)10;1-2/h7-10H,3-6H2,1-2H3;1-2H3. The molecule has 1 N–H and O–H groups in total. The molecular weight excluding hydrogens is 148 g/mol. The van der Waals surface area contributed by atoms with E-state index in [0.717, 1.165) is 6.42 Å². The van der Waals surface area contributed by atoms with Crippen molar-refractivity contribution >= 4 is 0 Å². The summed E-state index contributed by atoms with van der Waals surface area (Å²) in [5.41, 5.74) is 0. The Labute approximate surface area is 77.2 Å². The fourth-order valence-corrected chi connectivity index (χ4v) is 1.92. The molecular formula is C11H24O. The molecule has 0 saturated heterocycles. The molecule has 0 aliphatic heterocycles. The Morgan fingerprint density at radius 2 is 1.58 bits per heavy atom. The second-order valence-corrected chi connectivity index (χ2v) is 3.76. The van der Waals surface area contributed by atoms with Gasteiger partial charge in [-0.15, -0.1) is 0 Å². The highest BCUT2D eigenvalue weighted by Crippen LogP contribution is 2.29. The van der Waals surface area contributed by atoms with E-state index in [0.29, 0.717) is 11.8 Å². The smallest absolute Gasteiger partial charge is 0.0570 e. The van der Waals surface area contributed by atoms with Crippen LogP contribution >= 0.6 is 0 Å². The number of rotatable bonds is 1. The molecule has 1 nitrogen and oxygen atoms in total. The highest BCUT2D eigenvalue weighted by molar-refractivity contribution is 4.76. The number of aliphatic hydroxyl groups is 1. The van der Waals surface area contributed by atoms with Crippen LogP contribution in [0.2, 0.25) is 0 Å². The first kappa shape index (κ1) is 12.0. The molecule has 1 fully saturated rings. The van der Waals surface area contributed by atoms with Crippen LogP contribution in [0.15, 0.2) is 0 Å². The molecule has 1 heteroatoms.